The molecule has 2 fully saturated rings. The van der Waals surface area contributed by atoms with Gasteiger partial charge in [-0.3, -0.25) is 9.69 Å². The topological polar surface area (TPSA) is 29.5 Å². The van der Waals surface area contributed by atoms with Crippen molar-refractivity contribution in [2.45, 2.75) is 18.9 Å². The Hall–Kier alpha value is -1.95. The van der Waals surface area contributed by atoms with Gasteiger partial charge in [-0.25, -0.2) is 0 Å². The highest BCUT2D eigenvalue weighted by Gasteiger charge is 2.34. The highest BCUT2D eigenvalue weighted by Crippen LogP contribution is 2.33. The molecular weight excluding hydrogens is 362 g/mol. The van der Waals surface area contributed by atoms with Crippen LogP contribution in [-0.4, -0.2) is 34.4 Å². The Balaban J connectivity index is 1.49. The zero-order chi connectivity index (χ0) is 17.9. The van der Waals surface area contributed by atoms with Gasteiger partial charge in [-0.15, -0.1) is 0 Å². The SMILES string of the molecule is O=C1/C(=C/c2ccc(-c3ccccc3)cc2)SC(=S)N1C[C@H]1CCCO1. The molecule has 2 aliphatic rings. The molecule has 4 rings (SSSR count). The zero-order valence-corrected chi connectivity index (χ0v) is 15.9. The fourth-order valence-corrected chi connectivity index (χ4v) is 4.48. The lowest BCUT2D eigenvalue weighted by Crippen LogP contribution is -2.35. The number of rotatable bonds is 4. The van der Waals surface area contributed by atoms with E-state index in [9.17, 15) is 4.79 Å². The summed E-state index contributed by atoms with van der Waals surface area (Å²) in [7, 11) is 0. The van der Waals surface area contributed by atoms with E-state index in [4.69, 9.17) is 17.0 Å². The molecule has 0 saturated carbocycles. The summed E-state index contributed by atoms with van der Waals surface area (Å²) in [5, 5.41) is 0. The standard InChI is InChI=1S/C21H19NO2S2/c23-20-19(26-21(25)22(20)14-18-7-4-12-24-18)13-15-8-10-17(11-9-15)16-5-2-1-3-6-16/h1-3,5-6,8-11,13,18H,4,7,12,14H2/b19-13-/t18-/m1/s1. The molecule has 2 aliphatic heterocycles. The van der Waals surface area contributed by atoms with Gasteiger partial charge in [0.25, 0.3) is 5.91 Å². The third kappa shape index (κ3) is 3.75. The van der Waals surface area contributed by atoms with Crippen LogP contribution in [0.25, 0.3) is 17.2 Å². The van der Waals surface area contributed by atoms with E-state index >= 15 is 0 Å². The first-order chi connectivity index (χ1) is 12.7. The average Bonchev–Trinajstić information content (AvgIpc) is 3.27. The molecule has 0 spiro atoms. The predicted molar refractivity (Wildman–Crippen MR) is 111 cm³/mol. The van der Waals surface area contributed by atoms with Gasteiger partial charge in [0.05, 0.1) is 17.6 Å². The smallest absolute Gasteiger partial charge is 0.266 e. The predicted octanol–water partition coefficient (Wildman–Crippen LogP) is 4.73. The van der Waals surface area contributed by atoms with Crippen LogP contribution in [0.1, 0.15) is 18.4 Å². The summed E-state index contributed by atoms with van der Waals surface area (Å²) in [6.45, 7) is 1.35. The van der Waals surface area contributed by atoms with Crippen molar-refractivity contribution < 1.29 is 9.53 Å². The van der Waals surface area contributed by atoms with Crippen molar-refractivity contribution in [1.29, 1.82) is 0 Å². The van der Waals surface area contributed by atoms with Crippen LogP contribution in [0.5, 0.6) is 0 Å². The molecule has 2 saturated heterocycles. The number of carbonyl (C=O) groups excluding carboxylic acids is 1. The van der Waals surface area contributed by atoms with Gasteiger partial charge in [0, 0.05) is 6.61 Å². The largest absolute Gasteiger partial charge is 0.376 e. The van der Waals surface area contributed by atoms with Crippen molar-refractivity contribution in [3.8, 4) is 11.1 Å². The van der Waals surface area contributed by atoms with Gasteiger partial charge < -0.3 is 4.74 Å². The first-order valence-electron chi connectivity index (χ1n) is 8.73. The fraction of sp³-hybridized carbons (Fsp3) is 0.238. The Labute approximate surface area is 163 Å². The molecule has 0 radical (unpaired) electrons. The van der Waals surface area contributed by atoms with Crippen molar-refractivity contribution in [1.82, 2.24) is 4.90 Å². The summed E-state index contributed by atoms with van der Waals surface area (Å²) in [6, 6.07) is 18.5. The quantitative estimate of drug-likeness (QED) is 0.565. The minimum absolute atomic E-state index is 0.0114. The number of nitrogens with zero attached hydrogens (tertiary/aromatic N) is 1. The van der Waals surface area contributed by atoms with E-state index in [1.807, 2.05) is 36.4 Å². The van der Waals surface area contributed by atoms with Crippen LogP contribution in [0.2, 0.25) is 0 Å². The Morgan fingerprint density at radius 2 is 1.85 bits per heavy atom. The highest BCUT2D eigenvalue weighted by atomic mass is 32.2. The Bertz CT molecular complexity index is 840. The van der Waals surface area contributed by atoms with Gasteiger partial charge in [0.2, 0.25) is 0 Å². The van der Waals surface area contributed by atoms with E-state index in [0.717, 1.165) is 30.6 Å². The molecule has 0 aliphatic carbocycles. The lowest BCUT2D eigenvalue weighted by atomic mass is 10.0. The van der Waals surface area contributed by atoms with Crippen molar-refractivity contribution in [2.75, 3.05) is 13.2 Å². The van der Waals surface area contributed by atoms with Gasteiger partial charge in [-0.1, -0.05) is 78.6 Å². The van der Waals surface area contributed by atoms with Crippen LogP contribution in [0.15, 0.2) is 59.5 Å². The molecule has 0 bridgehead atoms. The van der Waals surface area contributed by atoms with Crippen molar-refractivity contribution >= 4 is 40.3 Å². The Morgan fingerprint density at radius 1 is 1.12 bits per heavy atom. The molecule has 2 heterocycles. The van der Waals surface area contributed by atoms with Crippen LogP contribution in [0.3, 0.4) is 0 Å². The molecule has 2 aromatic rings. The molecule has 0 N–H and O–H groups in total. The first-order valence-corrected chi connectivity index (χ1v) is 9.95. The van der Waals surface area contributed by atoms with E-state index in [-0.39, 0.29) is 12.0 Å². The van der Waals surface area contributed by atoms with E-state index in [2.05, 4.69) is 24.3 Å². The molecule has 0 unspecified atom stereocenters. The fourth-order valence-electron chi connectivity index (χ4n) is 3.20. The summed E-state index contributed by atoms with van der Waals surface area (Å²) in [5.41, 5.74) is 3.35. The summed E-state index contributed by atoms with van der Waals surface area (Å²) >= 11 is 6.78. The average molecular weight is 382 g/mol. The van der Waals surface area contributed by atoms with Gasteiger partial charge >= 0.3 is 0 Å². The summed E-state index contributed by atoms with van der Waals surface area (Å²) < 4.78 is 6.26. The second-order valence-corrected chi connectivity index (χ2v) is 8.09. The minimum Gasteiger partial charge on any atom is -0.376 e. The zero-order valence-electron chi connectivity index (χ0n) is 14.3. The lowest BCUT2D eigenvalue weighted by molar-refractivity contribution is -0.123. The van der Waals surface area contributed by atoms with E-state index < -0.39 is 0 Å². The molecule has 1 amide bonds. The molecule has 5 heteroatoms. The number of carbonyl (C=O) groups is 1. The number of thiocarbonyl (C=S) groups is 1. The second-order valence-electron chi connectivity index (χ2n) is 6.42. The van der Waals surface area contributed by atoms with Crippen LogP contribution in [-0.2, 0) is 9.53 Å². The number of benzene rings is 2. The van der Waals surface area contributed by atoms with E-state index in [1.165, 1.54) is 17.3 Å². The van der Waals surface area contributed by atoms with Gasteiger partial charge in [0.15, 0.2) is 0 Å². The van der Waals surface area contributed by atoms with Crippen molar-refractivity contribution in [3.63, 3.8) is 0 Å². The molecule has 2 aromatic carbocycles. The molecule has 132 valence electrons. The maximum Gasteiger partial charge on any atom is 0.266 e. The maximum atomic E-state index is 12.7. The minimum atomic E-state index is -0.0114. The summed E-state index contributed by atoms with van der Waals surface area (Å²) in [4.78, 5) is 15.1. The molecule has 3 nitrogen and oxygen atoms in total. The van der Waals surface area contributed by atoms with E-state index in [0.29, 0.717) is 15.8 Å². The molecule has 0 aromatic heterocycles. The number of ether oxygens (including phenoxy) is 1. The second kappa shape index (κ2) is 7.74. The maximum absolute atomic E-state index is 12.7. The summed E-state index contributed by atoms with van der Waals surface area (Å²) in [6.07, 6.45) is 4.09. The van der Waals surface area contributed by atoms with Gasteiger partial charge in [-0.2, -0.15) is 0 Å². The Kier molecular flexibility index (Phi) is 5.20. The monoisotopic (exact) mass is 381 g/mol. The van der Waals surface area contributed by atoms with E-state index in [1.54, 1.807) is 4.90 Å². The number of hydrogen-bond donors (Lipinski definition) is 0. The van der Waals surface area contributed by atoms with Crippen molar-refractivity contribution in [2.24, 2.45) is 0 Å². The third-order valence-electron chi connectivity index (χ3n) is 4.60. The van der Waals surface area contributed by atoms with Crippen LogP contribution >= 0.6 is 24.0 Å². The molecule has 26 heavy (non-hydrogen) atoms. The Morgan fingerprint density at radius 3 is 2.54 bits per heavy atom. The normalized spacial score (nSPS) is 21.8. The van der Waals surface area contributed by atoms with Crippen molar-refractivity contribution in [3.05, 3.63) is 65.1 Å². The number of thioether (sulfide) groups is 1. The van der Waals surface area contributed by atoms with Crippen LogP contribution in [0, 0.1) is 0 Å². The van der Waals surface area contributed by atoms with Crippen LogP contribution in [0.4, 0.5) is 0 Å². The van der Waals surface area contributed by atoms with Gasteiger partial charge in [0.1, 0.15) is 4.32 Å². The number of hydrogen-bond acceptors (Lipinski definition) is 4. The lowest BCUT2D eigenvalue weighted by Gasteiger charge is -2.18. The molecular formula is C21H19NO2S2. The summed E-state index contributed by atoms with van der Waals surface area (Å²) in [5.74, 6) is -0.0114. The van der Waals surface area contributed by atoms with Gasteiger partial charge in [-0.05, 0) is 35.6 Å². The first kappa shape index (κ1) is 17.5. The van der Waals surface area contributed by atoms with Crippen LogP contribution < -0.4 is 0 Å². The molecule has 1 atom stereocenters. The number of amides is 1. The highest BCUT2D eigenvalue weighted by molar-refractivity contribution is 8.26. The third-order valence-corrected chi connectivity index (χ3v) is 5.98.